The van der Waals surface area contributed by atoms with Crippen LogP contribution in [-0.4, -0.2) is 60.2 Å². The maximum atomic E-state index is 12.5. The maximum Gasteiger partial charge on any atom is 0.271 e. The number of hydrogen-bond acceptors (Lipinski definition) is 7. The summed E-state index contributed by atoms with van der Waals surface area (Å²) in [5.74, 6) is 0.349. The Morgan fingerprint density at radius 2 is 2.36 bits per heavy atom. The summed E-state index contributed by atoms with van der Waals surface area (Å²) < 4.78 is 11.4. The first-order chi connectivity index (χ1) is 12.1. The van der Waals surface area contributed by atoms with Crippen LogP contribution in [0.4, 0.5) is 0 Å². The van der Waals surface area contributed by atoms with Gasteiger partial charge in [0.2, 0.25) is 5.88 Å². The molecule has 2 atom stereocenters. The van der Waals surface area contributed by atoms with Gasteiger partial charge in [-0.05, 0) is 26.6 Å². The van der Waals surface area contributed by atoms with Crippen LogP contribution in [0.3, 0.4) is 0 Å². The van der Waals surface area contributed by atoms with E-state index in [1.165, 1.54) is 11.3 Å². The summed E-state index contributed by atoms with van der Waals surface area (Å²) in [5.41, 5.74) is 0.449. The van der Waals surface area contributed by atoms with Gasteiger partial charge in [-0.2, -0.15) is 0 Å². The third kappa shape index (κ3) is 4.97. The lowest BCUT2D eigenvalue weighted by Crippen LogP contribution is -2.51. The van der Waals surface area contributed by atoms with Gasteiger partial charge in [0.05, 0.1) is 12.6 Å². The SMILES string of the molecule is CN(C)Cc1nc(C(=O)N[C@@H]2CCOC[C@H]2Oc2ccccn2)cs1. The van der Waals surface area contributed by atoms with E-state index in [1.807, 2.05) is 31.1 Å². The Morgan fingerprint density at radius 1 is 1.48 bits per heavy atom. The molecule has 1 aliphatic rings. The standard InChI is InChI=1S/C17H22N4O3S/c1-21(2)9-16-19-13(11-25-16)17(22)20-12-6-8-23-10-14(12)24-15-5-3-4-7-18-15/h3-5,7,11-12,14H,6,8-10H2,1-2H3,(H,20,22)/t12-,14-/m1/s1. The van der Waals surface area contributed by atoms with Crippen molar-refractivity contribution in [2.24, 2.45) is 0 Å². The minimum atomic E-state index is -0.271. The Labute approximate surface area is 151 Å². The number of thiazole rings is 1. The maximum absolute atomic E-state index is 12.5. The van der Waals surface area contributed by atoms with Gasteiger partial charge in [-0.1, -0.05) is 6.07 Å². The monoisotopic (exact) mass is 362 g/mol. The fourth-order valence-corrected chi connectivity index (χ4v) is 3.46. The highest BCUT2D eigenvalue weighted by atomic mass is 32.1. The van der Waals surface area contributed by atoms with E-state index in [1.54, 1.807) is 17.6 Å². The van der Waals surface area contributed by atoms with Crippen molar-refractivity contribution in [2.75, 3.05) is 27.3 Å². The molecule has 1 N–H and O–H groups in total. The number of ether oxygens (including phenoxy) is 2. The summed E-state index contributed by atoms with van der Waals surface area (Å²) in [4.78, 5) is 23.1. The van der Waals surface area contributed by atoms with Crippen molar-refractivity contribution in [1.29, 1.82) is 0 Å². The molecule has 0 bridgehead atoms. The van der Waals surface area contributed by atoms with Crippen LogP contribution in [0.1, 0.15) is 21.9 Å². The van der Waals surface area contributed by atoms with Crippen molar-refractivity contribution < 1.29 is 14.3 Å². The highest BCUT2D eigenvalue weighted by Gasteiger charge is 2.30. The zero-order chi connectivity index (χ0) is 17.6. The number of amides is 1. The molecule has 0 aliphatic carbocycles. The van der Waals surface area contributed by atoms with Gasteiger partial charge in [0, 0.05) is 30.8 Å². The van der Waals surface area contributed by atoms with Crippen LogP contribution in [0, 0.1) is 0 Å². The molecule has 1 fully saturated rings. The van der Waals surface area contributed by atoms with Crippen molar-refractivity contribution in [2.45, 2.75) is 25.1 Å². The molecule has 0 aromatic carbocycles. The molecule has 25 heavy (non-hydrogen) atoms. The Bertz CT molecular complexity index is 692. The van der Waals surface area contributed by atoms with Gasteiger partial charge in [0.15, 0.2) is 0 Å². The van der Waals surface area contributed by atoms with Crippen LogP contribution in [0.5, 0.6) is 5.88 Å². The van der Waals surface area contributed by atoms with Gasteiger partial charge in [0.25, 0.3) is 5.91 Å². The van der Waals surface area contributed by atoms with E-state index in [9.17, 15) is 4.79 Å². The van der Waals surface area contributed by atoms with Gasteiger partial charge < -0.3 is 19.7 Å². The molecule has 3 heterocycles. The molecule has 1 aliphatic heterocycles. The zero-order valence-electron chi connectivity index (χ0n) is 14.3. The summed E-state index contributed by atoms with van der Waals surface area (Å²) in [7, 11) is 3.95. The lowest BCUT2D eigenvalue weighted by Gasteiger charge is -2.31. The summed E-state index contributed by atoms with van der Waals surface area (Å²) in [6.07, 6.45) is 2.10. The topological polar surface area (TPSA) is 76.6 Å². The highest BCUT2D eigenvalue weighted by molar-refractivity contribution is 7.09. The minimum absolute atomic E-state index is 0.137. The van der Waals surface area contributed by atoms with Crippen molar-refractivity contribution >= 4 is 17.2 Å². The largest absolute Gasteiger partial charge is 0.470 e. The summed E-state index contributed by atoms with van der Waals surface area (Å²) in [6, 6.07) is 5.35. The molecule has 7 nitrogen and oxygen atoms in total. The molecule has 1 amide bonds. The third-order valence-electron chi connectivity index (χ3n) is 3.77. The molecule has 0 saturated carbocycles. The van der Waals surface area contributed by atoms with Crippen LogP contribution in [-0.2, 0) is 11.3 Å². The van der Waals surface area contributed by atoms with E-state index in [-0.39, 0.29) is 18.1 Å². The number of rotatable bonds is 6. The normalized spacial score (nSPS) is 20.4. The molecule has 134 valence electrons. The molecule has 8 heteroatoms. The van der Waals surface area contributed by atoms with Gasteiger partial charge in [-0.25, -0.2) is 9.97 Å². The van der Waals surface area contributed by atoms with Crippen LogP contribution in [0.25, 0.3) is 0 Å². The number of nitrogens with zero attached hydrogens (tertiary/aromatic N) is 3. The predicted molar refractivity (Wildman–Crippen MR) is 94.8 cm³/mol. The summed E-state index contributed by atoms with van der Waals surface area (Å²) in [6.45, 7) is 1.74. The summed E-state index contributed by atoms with van der Waals surface area (Å²) in [5, 5.41) is 5.74. The predicted octanol–water partition coefficient (Wildman–Crippen LogP) is 1.57. The smallest absolute Gasteiger partial charge is 0.271 e. The highest BCUT2D eigenvalue weighted by Crippen LogP contribution is 2.17. The number of nitrogens with one attached hydrogen (secondary N) is 1. The first kappa shape index (κ1) is 17.8. The van der Waals surface area contributed by atoms with Gasteiger partial charge in [0.1, 0.15) is 16.8 Å². The number of aromatic nitrogens is 2. The van der Waals surface area contributed by atoms with E-state index in [0.717, 1.165) is 11.6 Å². The van der Waals surface area contributed by atoms with Crippen LogP contribution >= 0.6 is 11.3 Å². The quantitative estimate of drug-likeness (QED) is 0.841. The van der Waals surface area contributed by atoms with Crippen molar-refractivity contribution in [3.63, 3.8) is 0 Å². The van der Waals surface area contributed by atoms with Crippen molar-refractivity contribution in [1.82, 2.24) is 20.2 Å². The molecular formula is C17H22N4O3S. The molecule has 3 rings (SSSR count). The Hall–Kier alpha value is -2.03. The van der Waals surface area contributed by atoms with E-state index in [4.69, 9.17) is 9.47 Å². The van der Waals surface area contributed by atoms with Crippen LogP contribution in [0.2, 0.25) is 0 Å². The Morgan fingerprint density at radius 3 is 3.12 bits per heavy atom. The molecule has 0 radical (unpaired) electrons. The average molecular weight is 362 g/mol. The second-order valence-corrected chi connectivity index (χ2v) is 7.07. The minimum Gasteiger partial charge on any atom is -0.470 e. The molecule has 0 unspecified atom stereocenters. The fraction of sp³-hybridized carbons (Fsp3) is 0.471. The van der Waals surface area contributed by atoms with Gasteiger partial charge in [-0.3, -0.25) is 4.79 Å². The van der Waals surface area contributed by atoms with E-state index in [0.29, 0.717) is 31.2 Å². The average Bonchev–Trinajstić information content (AvgIpc) is 3.05. The number of carbonyl (C=O) groups excluding carboxylic acids is 1. The lowest BCUT2D eigenvalue weighted by atomic mass is 10.1. The van der Waals surface area contributed by atoms with E-state index >= 15 is 0 Å². The summed E-state index contributed by atoms with van der Waals surface area (Å²) >= 11 is 1.49. The first-order valence-electron chi connectivity index (χ1n) is 8.17. The van der Waals surface area contributed by atoms with Crippen molar-refractivity contribution in [3.8, 4) is 5.88 Å². The number of carbonyl (C=O) groups is 1. The first-order valence-corrected chi connectivity index (χ1v) is 9.05. The zero-order valence-corrected chi connectivity index (χ0v) is 15.2. The van der Waals surface area contributed by atoms with Crippen molar-refractivity contribution in [3.05, 3.63) is 40.5 Å². The second kappa shape index (κ2) is 8.37. The molecule has 2 aromatic rings. The number of hydrogen-bond donors (Lipinski definition) is 1. The molecular weight excluding hydrogens is 340 g/mol. The lowest BCUT2D eigenvalue weighted by molar-refractivity contribution is -0.0153. The molecule has 2 aromatic heterocycles. The van der Waals surface area contributed by atoms with Crippen LogP contribution in [0.15, 0.2) is 29.8 Å². The second-order valence-electron chi connectivity index (χ2n) is 6.13. The molecule has 1 saturated heterocycles. The molecule has 0 spiro atoms. The van der Waals surface area contributed by atoms with Gasteiger partial charge in [-0.15, -0.1) is 11.3 Å². The van der Waals surface area contributed by atoms with Gasteiger partial charge >= 0.3 is 0 Å². The fourth-order valence-electron chi connectivity index (χ4n) is 2.57. The van der Waals surface area contributed by atoms with E-state index < -0.39 is 0 Å². The van der Waals surface area contributed by atoms with E-state index in [2.05, 4.69) is 15.3 Å². The number of pyridine rings is 1. The van der Waals surface area contributed by atoms with Crippen LogP contribution < -0.4 is 10.1 Å². The third-order valence-corrected chi connectivity index (χ3v) is 4.60. The Balaban J connectivity index is 1.62. The Kier molecular flexibility index (Phi) is 5.95.